The van der Waals surface area contributed by atoms with Gasteiger partial charge in [0, 0.05) is 17.6 Å². The van der Waals surface area contributed by atoms with E-state index in [4.69, 9.17) is 19.4 Å². The number of piperidine rings is 1. The van der Waals surface area contributed by atoms with Crippen molar-refractivity contribution in [2.75, 3.05) is 31.7 Å². The van der Waals surface area contributed by atoms with E-state index in [1.807, 2.05) is 19.1 Å². The molecule has 0 saturated carbocycles. The number of methoxy groups -OCH3 is 1. The van der Waals surface area contributed by atoms with Gasteiger partial charge in [-0.1, -0.05) is 15.9 Å². The molecule has 2 aromatic heterocycles. The van der Waals surface area contributed by atoms with Crippen LogP contribution >= 0.6 is 15.9 Å². The molecule has 1 N–H and O–H groups in total. The standard InChI is InChI=1S/C18H21BrN4O2/c1-3-25-17-16-15(21-18(22-17)23-7-5-4-6-8-23)14-12(20-16)9-11(19)10-13(14)24-2/h9-10,20H,3-8H2,1-2H3. The van der Waals surface area contributed by atoms with Crippen LogP contribution in [0.3, 0.4) is 0 Å². The van der Waals surface area contributed by atoms with Gasteiger partial charge in [-0.25, -0.2) is 4.98 Å². The van der Waals surface area contributed by atoms with E-state index in [1.54, 1.807) is 7.11 Å². The Hall–Kier alpha value is -2.02. The highest BCUT2D eigenvalue weighted by atomic mass is 79.9. The number of aromatic nitrogens is 3. The summed E-state index contributed by atoms with van der Waals surface area (Å²) in [5.41, 5.74) is 2.61. The Balaban J connectivity index is 1.98. The maximum Gasteiger partial charge on any atom is 0.243 e. The van der Waals surface area contributed by atoms with E-state index < -0.39 is 0 Å². The molecule has 1 saturated heterocycles. The fourth-order valence-corrected chi connectivity index (χ4v) is 3.86. The number of benzene rings is 1. The number of ether oxygens (including phenoxy) is 2. The van der Waals surface area contributed by atoms with E-state index in [1.165, 1.54) is 19.3 Å². The fourth-order valence-electron chi connectivity index (χ4n) is 3.42. The molecule has 132 valence electrons. The van der Waals surface area contributed by atoms with Crippen LogP contribution < -0.4 is 14.4 Å². The number of nitrogens with one attached hydrogen (secondary N) is 1. The monoisotopic (exact) mass is 404 g/mol. The van der Waals surface area contributed by atoms with Gasteiger partial charge in [-0.3, -0.25) is 0 Å². The Bertz CT molecular complexity index is 918. The molecule has 1 aliphatic heterocycles. The summed E-state index contributed by atoms with van der Waals surface area (Å²) in [6, 6.07) is 3.98. The zero-order valence-corrected chi connectivity index (χ0v) is 16.0. The predicted octanol–water partition coefficient (Wildman–Crippen LogP) is 4.27. The minimum atomic E-state index is 0.557. The minimum absolute atomic E-state index is 0.557. The van der Waals surface area contributed by atoms with E-state index in [0.29, 0.717) is 12.5 Å². The van der Waals surface area contributed by atoms with Gasteiger partial charge in [0.15, 0.2) is 0 Å². The van der Waals surface area contributed by atoms with Gasteiger partial charge >= 0.3 is 0 Å². The SMILES string of the molecule is CCOc1nc(N2CCCCC2)nc2c1[nH]c1cc(Br)cc(OC)c12. The van der Waals surface area contributed by atoms with Gasteiger partial charge in [-0.15, -0.1) is 0 Å². The van der Waals surface area contributed by atoms with Crippen LogP contribution in [0, 0.1) is 0 Å². The molecule has 0 bridgehead atoms. The molecule has 0 atom stereocenters. The van der Waals surface area contributed by atoms with Crippen LogP contribution in [0.15, 0.2) is 16.6 Å². The summed E-state index contributed by atoms with van der Waals surface area (Å²) in [7, 11) is 1.68. The van der Waals surface area contributed by atoms with Gasteiger partial charge in [0.2, 0.25) is 11.8 Å². The first-order valence-electron chi connectivity index (χ1n) is 8.66. The van der Waals surface area contributed by atoms with Crippen LogP contribution in [0.5, 0.6) is 11.6 Å². The maximum atomic E-state index is 5.82. The third kappa shape index (κ3) is 2.90. The Morgan fingerprint density at radius 3 is 2.72 bits per heavy atom. The van der Waals surface area contributed by atoms with Crippen molar-refractivity contribution in [1.29, 1.82) is 0 Å². The summed E-state index contributed by atoms with van der Waals surface area (Å²) in [5, 5.41) is 0.960. The molecule has 1 fully saturated rings. The lowest BCUT2D eigenvalue weighted by atomic mass is 10.1. The molecule has 0 unspecified atom stereocenters. The highest BCUT2D eigenvalue weighted by molar-refractivity contribution is 9.10. The van der Waals surface area contributed by atoms with E-state index in [2.05, 4.69) is 25.8 Å². The Morgan fingerprint density at radius 2 is 2.00 bits per heavy atom. The second-order valence-corrected chi connectivity index (χ2v) is 7.10. The Kier molecular flexibility index (Phi) is 4.41. The van der Waals surface area contributed by atoms with E-state index >= 15 is 0 Å². The van der Waals surface area contributed by atoms with Crippen LogP contribution in [0.1, 0.15) is 26.2 Å². The number of fused-ring (bicyclic) bond motifs is 3. The quantitative estimate of drug-likeness (QED) is 0.703. The van der Waals surface area contributed by atoms with Crippen LogP contribution in [0.25, 0.3) is 21.9 Å². The van der Waals surface area contributed by atoms with Crippen molar-refractivity contribution >= 4 is 43.8 Å². The van der Waals surface area contributed by atoms with Crippen molar-refractivity contribution in [3.05, 3.63) is 16.6 Å². The van der Waals surface area contributed by atoms with Crippen LogP contribution in [0.4, 0.5) is 5.95 Å². The number of H-pyrrole nitrogens is 1. The lowest BCUT2D eigenvalue weighted by molar-refractivity contribution is 0.330. The molecule has 6 nitrogen and oxygen atoms in total. The first kappa shape index (κ1) is 16.4. The fraction of sp³-hybridized carbons (Fsp3) is 0.444. The van der Waals surface area contributed by atoms with Crippen LogP contribution in [0.2, 0.25) is 0 Å². The number of anilines is 1. The molecule has 25 heavy (non-hydrogen) atoms. The predicted molar refractivity (Wildman–Crippen MR) is 103 cm³/mol. The average molecular weight is 405 g/mol. The summed E-state index contributed by atoms with van der Waals surface area (Å²) < 4.78 is 12.4. The Labute approximate surface area is 154 Å². The number of hydrogen-bond acceptors (Lipinski definition) is 5. The molecule has 4 rings (SSSR count). The molecule has 3 aromatic rings. The maximum absolute atomic E-state index is 5.82. The van der Waals surface area contributed by atoms with Gasteiger partial charge in [0.05, 0.1) is 24.6 Å². The third-order valence-electron chi connectivity index (χ3n) is 4.57. The van der Waals surface area contributed by atoms with E-state index in [0.717, 1.165) is 51.2 Å². The van der Waals surface area contributed by atoms with E-state index in [-0.39, 0.29) is 0 Å². The van der Waals surface area contributed by atoms with Crippen molar-refractivity contribution < 1.29 is 9.47 Å². The smallest absolute Gasteiger partial charge is 0.243 e. The van der Waals surface area contributed by atoms with Crippen molar-refractivity contribution in [3.63, 3.8) is 0 Å². The molecule has 1 aliphatic rings. The lowest BCUT2D eigenvalue weighted by Crippen LogP contribution is -2.31. The zero-order chi connectivity index (χ0) is 17.4. The molecule has 0 spiro atoms. The van der Waals surface area contributed by atoms with Crippen molar-refractivity contribution in [2.45, 2.75) is 26.2 Å². The molecule has 1 aromatic carbocycles. The van der Waals surface area contributed by atoms with Gasteiger partial charge in [0.1, 0.15) is 16.8 Å². The van der Waals surface area contributed by atoms with Crippen molar-refractivity contribution in [2.24, 2.45) is 0 Å². The van der Waals surface area contributed by atoms with Crippen LogP contribution in [-0.2, 0) is 0 Å². The topological polar surface area (TPSA) is 63.3 Å². The van der Waals surface area contributed by atoms with Crippen molar-refractivity contribution in [3.8, 4) is 11.6 Å². The summed E-state index contributed by atoms with van der Waals surface area (Å²) >= 11 is 3.53. The molecular weight excluding hydrogens is 384 g/mol. The Morgan fingerprint density at radius 1 is 1.20 bits per heavy atom. The second-order valence-electron chi connectivity index (χ2n) is 6.19. The van der Waals surface area contributed by atoms with Gasteiger partial charge in [-0.05, 0) is 38.3 Å². The molecular formula is C18H21BrN4O2. The minimum Gasteiger partial charge on any atom is -0.496 e. The van der Waals surface area contributed by atoms with Gasteiger partial charge in [0.25, 0.3) is 0 Å². The summed E-state index contributed by atoms with van der Waals surface area (Å²) in [6.45, 7) is 4.50. The number of rotatable bonds is 4. The number of aromatic amines is 1. The molecule has 3 heterocycles. The third-order valence-corrected chi connectivity index (χ3v) is 5.03. The number of hydrogen-bond donors (Lipinski definition) is 1. The highest BCUT2D eigenvalue weighted by Crippen LogP contribution is 2.38. The van der Waals surface area contributed by atoms with Gasteiger partial charge < -0.3 is 19.4 Å². The largest absolute Gasteiger partial charge is 0.496 e. The lowest BCUT2D eigenvalue weighted by Gasteiger charge is -2.26. The number of nitrogens with zero attached hydrogens (tertiary/aromatic N) is 3. The highest BCUT2D eigenvalue weighted by Gasteiger charge is 2.21. The second kappa shape index (κ2) is 6.71. The molecule has 0 amide bonds. The number of halogens is 1. The summed E-state index contributed by atoms with van der Waals surface area (Å²) in [6.07, 6.45) is 3.62. The van der Waals surface area contributed by atoms with E-state index in [9.17, 15) is 0 Å². The summed E-state index contributed by atoms with van der Waals surface area (Å²) in [5.74, 6) is 2.12. The first-order chi connectivity index (χ1) is 12.2. The zero-order valence-electron chi connectivity index (χ0n) is 14.4. The molecule has 0 aliphatic carbocycles. The molecule has 0 radical (unpaired) electrons. The van der Waals surface area contributed by atoms with Gasteiger partial charge in [-0.2, -0.15) is 4.98 Å². The summed E-state index contributed by atoms with van der Waals surface area (Å²) in [4.78, 5) is 15.2. The molecule has 7 heteroatoms. The average Bonchev–Trinajstić information content (AvgIpc) is 3.00. The first-order valence-corrected chi connectivity index (χ1v) is 9.45. The normalized spacial score (nSPS) is 15.1. The van der Waals surface area contributed by atoms with Crippen LogP contribution in [-0.4, -0.2) is 41.8 Å². The van der Waals surface area contributed by atoms with Crippen molar-refractivity contribution in [1.82, 2.24) is 15.0 Å².